The Morgan fingerprint density at radius 2 is 1.47 bits per heavy atom. The van der Waals surface area contributed by atoms with E-state index in [4.69, 9.17) is 0 Å². The normalized spacial score (nSPS) is 10.6. The molecule has 0 spiro atoms. The van der Waals surface area contributed by atoms with Crippen LogP contribution < -0.4 is 0 Å². The summed E-state index contributed by atoms with van der Waals surface area (Å²) in [6, 6.07) is 0. The van der Waals surface area contributed by atoms with Crippen molar-refractivity contribution in [3.8, 4) is 0 Å². The second kappa shape index (κ2) is 14.7. The molecular weight excluding hydrogens is 218 g/mol. The maximum Gasteiger partial charge on any atom is 0.237 e. The third-order valence-corrected chi connectivity index (χ3v) is 1.72. The monoisotopic (exact) mass is 241 g/mol. The molecule has 0 aliphatic heterocycles. The van der Waals surface area contributed by atoms with Crippen LogP contribution in [0, 0.1) is 0 Å². The minimum absolute atomic E-state index is 0.563. The molecule has 0 bridgehead atoms. The first kappa shape index (κ1) is 18.1. The summed E-state index contributed by atoms with van der Waals surface area (Å²) in [6.45, 7) is 2.12. The van der Waals surface area contributed by atoms with E-state index >= 15 is 0 Å². The highest BCUT2D eigenvalue weighted by Gasteiger charge is 2.02. The van der Waals surface area contributed by atoms with Crippen LogP contribution in [0.2, 0.25) is 0 Å². The minimum Gasteiger partial charge on any atom is -0.312 e. The third kappa shape index (κ3) is 20.7. The zero-order chi connectivity index (χ0) is 13.5. The van der Waals surface area contributed by atoms with Crippen molar-refractivity contribution in [2.24, 2.45) is 9.98 Å². The quantitative estimate of drug-likeness (QED) is 0.389. The summed E-state index contributed by atoms with van der Waals surface area (Å²) in [7, 11) is 6.00. The van der Waals surface area contributed by atoms with Gasteiger partial charge in [0.1, 0.15) is 0 Å². The molecule has 0 saturated carbocycles. The topological polar surface area (TPSA) is 62.1 Å². The Morgan fingerprint density at radius 3 is 1.82 bits per heavy atom. The highest BCUT2D eigenvalue weighted by atomic mass is 16.1. The highest BCUT2D eigenvalue weighted by molar-refractivity contribution is 5.36. The van der Waals surface area contributed by atoms with Gasteiger partial charge in [-0.2, -0.15) is 9.98 Å². The maximum atomic E-state index is 9.90. The van der Waals surface area contributed by atoms with Gasteiger partial charge in [0.05, 0.1) is 0 Å². The Labute approximate surface area is 104 Å². The summed E-state index contributed by atoms with van der Waals surface area (Å²) in [5.41, 5.74) is 0. The van der Waals surface area contributed by atoms with E-state index in [1.165, 1.54) is 12.2 Å². The molecule has 98 valence electrons. The predicted octanol–water partition coefficient (Wildman–Crippen LogP) is 2.13. The van der Waals surface area contributed by atoms with Crippen molar-refractivity contribution in [1.29, 1.82) is 0 Å². The number of unbranched alkanes of at least 4 members (excludes halogenated alkanes) is 3. The van der Waals surface area contributed by atoms with Crippen LogP contribution in [0.4, 0.5) is 0 Å². The number of isocyanates is 2. The van der Waals surface area contributed by atoms with Gasteiger partial charge in [-0.1, -0.05) is 26.2 Å². The van der Waals surface area contributed by atoms with Crippen molar-refractivity contribution in [2.45, 2.75) is 45.2 Å². The van der Waals surface area contributed by atoms with Gasteiger partial charge < -0.3 is 4.90 Å². The Hall–Kier alpha value is -1.28. The summed E-state index contributed by atoms with van der Waals surface area (Å²) in [6.07, 6.45) is 7.17. The molecule has 5 nitrogen and oxygen atoms in total. The number of aliphatic imine (C=N–C) groups is 2. The molecule has 0 aromatic rings. The SMILES string of the molecule is CCCCCCC(N=C=O)N=C=O.CN(C)C. The van der Waals surface area contributed by atoms with E-state index in [0.717, 1.165) is 25.7 Å². The first-order chi connectivity index (χ1) is 8.08. The van der Waals surface area contributed by atoms with Gasteiger partial charge in [-0.05, 0) is 34.0 Å². The maximum absolute atomic E-state index is 9.90. The third-order valence-electron chi connectivity index (χ3n) is 1.72. The lowest BCUT2D eigenvalue weighted by molar-refractivity contribution is 0.505. The smallest absolute Gasteiger partial charge is 0.237 e. The van der Waals surface area contributed by atoms with E-state index in [1.54, 1.807) is 0 Å². The van der Waals surface area contributed by atoms with Crippen molar-refractivity contribution in [1.82, 2.24) is 4.90 Å². The molecule has 0 fully saturated rings. The lowest BCUT2D eigenvalue weighted by atomic mass is 10.1. The lowest BCUT2D eigenvalue weighted by Gasteiger charge is -2.01. The Balaban J connectivity index is 0. The van der Waals surface area contributed by atoms with Gasteiger partial charge in [0, 0.05) is 0 Å². The standard InChI is InChI=1S/C9H14N2O2.C3H9N/c1-2-3-4-5-6-9(10-7-12)11-8-13;1-4(2)3/h9H,2-6H2,1H3;1-3H3. The number of hydrogen-bond acceptors (Lipinski definition) is 5. The zero-order valence-corrected chi connectivity index (χ0v) is 11.3. The van der Waals surface area contributed by atoms with Crippen LogP contribution >= 0.6 is 0 Å². The number of carbonyl (C=O) groups excluding carboxylic acids is 2. The average molecular weight is 241 g/mol. The second-order valence-corrected chi connectivity index (χ2v) is 4.11. The number of hydrogen-bond donors (Lipinski definition) is 0. The molecule has 5 heteroatoms. The highest BCUT2D eigenvalue weighted by Crippen LogP contribution is 2.08. The van der Waals surface area contributed by atoms with Crippen molar-refractivity contribution in [2.75, 3.05) is 21.1 Å². The Morgan fingerprint density at radius 1 is 1.00 bits per heavy atom. The van der Waals surface area contributed by atoms with E-state index in [0.29, 0.717) is 6.42 Å². The molecule has 0 saturated heterocycles. The van der Waals surface area contributed by atoms with Gasteiger partial charge in [-0.3, -0.25) is 0 Å². The molecule has 0 amide bonds. The molecule has 0 heterocycles. The number of rotatable bonds is 7. The van der Waals surface area contributed by atoms with E-state index in [-0.39, 0.29) is 0 Å². The zero-order valence-electron chi connectivity index (χ0n) is 11.3. The molecule has 0 aliphatic rings. The molecular formula is C12H23N3O2. The molecule has 0 atom stereocenters. The minimum atomic E-state index is -0.563. The fourth-order valence-corrected chi connectivity index (χ4v) is 1.03. The van der Waals surface area contributed by atoms with Crippen molar-refractivity contribution in [3.63, 3.8) is 0 Å². The Bertz CT molecular complexity index is 234. The van der Waals surface area contributed by atoms with Crippen LogP contribution in [0.3, 0.4) is 0 Å². The first-order valence-electron chi connectivity index (χ1n) is 5.83. The van der Waals surface area contributed by atoms with E-state index < -0.39 is 6.17 Å². The van der Waals surface area contributed by atoms with Crippen LogP contribution in [-0.2, 0) is 9.59 Å². The van der Waals surface area contributed by atoms with E-state index in [2.05, 4.69) is 16.9 Å². The van der Waals surface area contributed by atoms with Gasteiger partial charge in [-0.15, -0.1) is 0 Å². The summed E-state index contributed by atoms with van der Waals surface area (Å²) in [5, 5.41) is 0. The second-order valence-electron chi connectivity index (χ2n) is 4.11. The molecule has 0 unspecified atom stereocenters. The molecule has 0 rings (SSSR count). The van der Waals surface area contributed by atoms with Gasteiger partial charge >= 0.3 is 0 Å². The van der Waals surface area contributed by atoms with Crippen LogP contribution in [0.15, 0.2) is 9.98 Å². The first-order valence-corrected chi connectivity index (χ1v) is 5.83. The van der Waals surface area contributed by atoms with E-state index in [1.807, 2.05) is 26.0 Å². The van der Waals surface area contributed by atoms with E-state index in [9.17, 15) is 9.59 Å². The predicted molar refractivity (Wildman–Crippen MR) is 68.4 cm³/mol. The lowest BCUT2D eigenvalue weighted by Crippen LogP contribution is -1.99. The van der Waals surface area contributed by atoms with Gasteiger partial charge in [0.15, 0.2) is 6.17 Å². The molecule has 0 N–H and O–H groups in total. The van der Waals surface area contributed by atoms with Gasteiger partial charge in [0.25, 0.3) is 0 Å². The number of nitrogens with zero attached hydrogens (tertiary/aromatic N) is 3. The molecule has 0 radical (unpaired) electrons. The summed E-state index contributed by atoms with van der Waals surface area (Å²) < 4.78 is 0. The van der Waals surface area contributed by atoms with Gasteiger partial charge in [0.2, 0.25) is 12.2 Å². The Kier molecular flexibility index (Phi) is 15.7. The summed E-state index contributed by atoms with van der Waals surface area (Å²) >= 11 is 0. The van der Waals surface area contributed by atoms with Crippen molar-refractivity contribution in [3.05, 3.63) is 0 Å². The summed E-state index contributed by atoms with van der Waals surface area (Å²) in [5.74, 6) is 0. The van der Waals surface area contributed by atoms with Crippen molar-refractivity contribution >= 4 is 12.2 Å². The van der Waals surface area contributed by atoms with Crippen LogP contribution in [0.25, 0.3) is 0 Å². The van der Waals surface area contributed by atoms with Crippen LogP contribution in [0.1, 0.15) is 39.0 Å². The fraction of sp³-hybridized carbons (Fsp3) is 0.833. The van der Waals surface area contributed by atoms with Gasteiger partial charge in [-0.25, -0.2) is 9.59 Å². The van der Waals surface area contributed by atoms with Crippen molar-refractivity contribution < 1.29 is 9.59 Å². The van der Waals surface area contributed by atoms with Crippen LogP contribution in [-0.4, -0.2) is 44.4 Å². The molecule has 17 heavy (non-hydrogen) atoms. The van der Waals surface area contributed by atoms with Crippen LogP contribution in [0.5, 0.6) is 0 Å². The fourth-order valence-electron chi connectivity index (χ4n) is 1.03. The summed E-state index contributed by atoms with van der Waals surface area (Å²) in [4.78, 5) is 28.5. The molecule has 0 aromatic heterocycles. The largest absolute Gasteiger partial charge is 0.312 e. The molecule has 0 aliphatic carbocycles. The average Bonchev–Trinajstić information content (AvgIpc) is 2.24. The molecule has 0 aromatic carbocycles.